The van der Waals surface area contributed by atoms with Gasteiger partial charge in [0, 0.05) is 37.6 Å². The van der Waals surface area contributed by atoms with Crippen molar-refractivity contribution >= 4 is 34.7 Å². The molecule has 5 aromatic rings. The quantitative estimate of drug-likeness (QED) is 0.250. The van der Waals surface area contributed by atoms with E-state index in [1.807, 2.05) is 63.4 Å². The molecule has 0 atom stereocenters. The minimum atomic E-state index is -0.0955. The van der Waals surface area contributed by atoms with Crippen LogP contribution >= 0.6 is 23.1 Å². The Balaban J connectivity index is 1.12. The number of anilines is 1. The molecule has 0 bridgehead atoms. The first kappa shape index (κ1) is 24.4. The Hall–Kier alpha value is -3.89. The van der Waals surface area contributed by atoms with Gasteiger partial charge in [-0.1, -0.05) is 54.2 Å². The van der Waals surface area contributed by atoms with Crippen molar-refractivity contribution in [2.75, 3.05) is 31.1 Å². The molecule has 8 nitrogen and oxygen atoms in total. The molecule has 1 fully saturated rings. The number of hydrogen-bond acceptors (Lipinski definition) is 8. The lowest BCUT2D eigenvalue weighted by atomic mass is 10.1. The number of rotatable bonds is 7. The van der Waals surface area contributed by atoms with Gasteiger partial charge in [-0.2, -0.15) is 0 Å². The molecule has 10 heteroatoms. The highest BCUT2D eigenvalue weighted by atomic mass is 32.2. The number of amides is 1. The minimum Gasteiger partial charge on any atom is -0.447 e. The molecule has 0 aliphatic carbocycles. The summed E-state index contributed by atoms with van der Waals surface area (Å²) in [6, 6.07) is 22.4. The van der Waals surface area contributed by atoms with Crippen LogP contribution in [0.3, 0.4) is 0 Å². The molecule has 2 aromatic carbocycles. The van der Waals surface area contributed by atoms with E-state index < -0.39 is 0 Å². The molecule has 1 saturated heterocycles. The zero-order valence-electron chi connectivity index (χ0n) is 20.9. The largest absolute Gasteiger partial charge is 0.447 e. The van der Waals surface area contributed by atoms with Crippen molar-refractivity contribution in [3.8, 4) is 16.4 Å². The number of aryl methyl sites for hydroxylation is 1. The number of oxazole rings is 1. The highest BCUT2D eigenvalue weighted by Gasteiger charge is 2.25. The van der Waals surface area contributed by atoms with Crippen LogP contribution in [-0.4, -0.2) is 56.7 Å². The van der Waals surface area contributed by atoms with Gasteiger partial charge in [0.25, 0.3) is 5.91 Å². The number of thioether (sulfide) groups is 1. The fourth-order valence-corrected chi connectivity index (χ4v) is 6.07. The first-order chi connectivity index (χ1) is 18.7. The Labute approximate surface area is 228 Å². The summed E-state index contributed by atoms with van der Waals surface area (Å²) in [6.45, 7) is 5.00. The van der Waals surface area contributed by atoms with Crippen LogP contribution in [0.2, 0.25) is 0 Å². The highest BCUT2D eigenvalue weighted by molar-refractivity contribution is 7.98. The summed E-state index contributed by atoms with van der Waals surface area (Å²) in [5, 5.41) is 11.7. The molecule has 4 heterocycles. The van der Waals surface area contributed by atoms with E-state index in [0.29, 0.717) is 30.4 Å². The van der Waals surface area contributed by atoms with Crippen molar-refractivity contribution in [3.05, 3.63) is 95.5 Å². The monoisotopic (exact) mass is 542 g/mol. The van der Waals surface area contributed by atoms with Crippen LogP contribution in [0.5, 0.6) is 0 Å². The molecule has 38 heavy (non-hydrogen) atoms. The SMILES string of the molecule is Cc1ccccc1N1CCN(C(=O)c2coc(CSc3nnc(-c4cccs4)n3-c3ccccc3)n2)CC1. The van der Waals surface area contributed by atoms with Gasteiger partial charge in [-0.15, -0.1) is 21.5 Å². The lowest BCUT2D eigenvalue weighted by Gasteiger charge is -2.36. The third-order valence-corrected chi connectivity index (χ3v) is 8.29. The van der Waals surface area contributed by atoms with Gasteiger partial charge in [0.15, 0.2) is 16.7 Å². The Kier molecular flexibility index (Phi) is 6.98. The van der Waals surface area contributed by atoms with Crippen molar-refractivity contribution in [3.63, 3.8) is 0 Å². The van der Waals surface area contributed by atoms with Crippen molar-refractivity contribution in [2.45, 2.75) is 17.8 Å². The maximum atomic E-state index is 13.1. The number of carbonyl (C=O) groups excluding carboxylic acids is 1. The van der Waals surface area contributed by atoms with Gasteiger partial charge in [0.2, 0.25) is 5.89 Å². The van der Waals surface area contributed by atoms with Crippen molar-refractivity contribution in [1.82, 2.24) is 24.6 Å². The first-order valence-electron chi connectivity index (χ1n) is 12.4. The van der Waals surface area contributed by atoms with Crippen LogP contribution in [0.4, 0.5) is 5.69 Å². The smallest absolute Gasteiger partial charge is 0.275 e. The molecular formula is C28H26N6O2S2. The van der Waals surface area contributed by atoms with E-state index in [9.17, 15) is 4.79 Å². The predicted molar refractivity (Wildman–Crippen MR) is 150 cm³/mol. The van der Waals surface area contributed by atoms with Gasteiger partial charge < -0.3 is 14.2 Å². The van der Waals surface area contributed by atoms with E-state index in [4.69, 9.17) is 4.42 Å². The third kappa shape index (κ3) is 4.97. The molecule has 1 aliphatic heterocycles. The number of benzene rings is 2. The molecule has 0 N–H and O–H groups in total. The van der Waals surface area contributed by atoms with Crippen LogP contribution in [0.25, 0.3) is 16.4 Å². The summed E-state index contributed by atoms with van der Waals surface area (Å²) in [5.41, 5.74) is 3.80. The van der Waals surface area contributed by atoms with Crippen molar-refractivity contribution in [1.29, 1.82) is 0 Å². The second-order valence-corrected chi connectivity index (χ2v) is 10.8. The molecule has 0 radical (unpaired) electrons. The molecule has 1 amide bonds. The Morgan fingerprint density at radius 1 is 0.974 bits per heavy atom. The van der Waals surface area contributed by atoms with Gasteiger partial charge in [0.1, 0.15) is 6.26 Å². The predicted octanol–water partition coefficient (Wildman–Crippen LogP) is 5.55. The van der Waals surface area contributed by atoms with Crippen LogP contribution in [0, 0.1) is 6.92 Å². The Bertz CT molecular complexity index is 1520. The lowest BCUT2D eigenvalue weighted by molar-refractivity contribution is 0.0740. The molecule has 0 saturated carbocycles. The second kappa shape index (κ2) is 10.8. The first-order valence-corrected chi connectivity index (χ1v) is 14.3. The van der Waals surface area contributed by atoms with Gasteiger partial charge in [-0.25, -0.2) is 4.98 Å². The fourth-order valence-electron chi connectivity index (χ4n) is 4.57. The molecule has 0 unspecified atom stereocenters. The van der Waals surface area contributed by atoms with Crippen LogP contribution in [-0.2, 0) is 5.75 Å². The molecule has 0 spiro atoms. The van der Waals surface area contributed by atoms with E-state index in [1.165, 1.54) is 29.3 Å². The summed E-state index contributed by atoms with van der Waals surface area (Å²) >= 11 is 3.10. The zero-order valence-corrected chi connectivity index (χ0v) is 22.5. The number of piperazine rings is 1. The van der Waals surface area contributed by atoms with Gasteiger partial charge in [-0.05, 0) is 42.1 Å². The standard InChI is InChI=1S/C28H26N6O2S2/c1-20-8-5-6-11-23(20)32-13-15-33(16-14-32)27(35)22-18-36-25(29-22)19-38-28-31-30-26(24-12-7-17-37-24)34(28)21-9-3-2-4-10-21/h2-12,17-18H,13-16,19H2,1H3. The number of nitrogens with zero attached hydrogens (tertiary/aromatic N) is 6. The van der Waals surface area contributed by atoms with E-state index in [1.54, 1.807) is 11.3 Å². The topological polar surface area (TPSA) is 80.3 Å². The summed E-state index contributed by atoms with van der Waals surface area (Å²) in [4.78, 5) is 22.8. The maximum absolute atomic E-state index is 13.1. The maximum Gasteiger partial charge on any atom is 0.275 e. The number of aromatic nitrogens is 4. The third-order valence-electron chi connectivity index (χ3n) is 6.51. The highest BCUT2D eigenvalue weighted by Crippen LogP contribution is 2.31. The van der Waals surface area contributed by atoms with E-state index in [0.717, 1.165) is 34.6 Å². The number of thiophene rings is 1. The van der Waals surface area contributed by atoms with E-state index in [-0.39, 0.29) is 5.91 Å². The Morgan fingerprint density at radius 3 is 2.53 bits per heavy atom. The normalized spacial score (nSPS) is 13.7. The lowest BCUT2D eigenvalue weighted by Crippen LogP contribution is -2.49. The second-order valence-electron chi connectivity index (χ2n) is 8.94. The van der Waals surface area contributed by atoms with Gasteiger partial charge >= 0.3 is 0 Å². The molecule has 3 aromatic heterocycles. The zero-order chi connectivity index (χ0) is 25.9. The fraction of sp³-hybridized carbons (Fsp3) is 0.214. The van der Waals surface area contributed by atoms with Crippen LogP contribution in [0.15, 0.2) is 87.9 Å². The van der Waals surface area contributed by atoms with Crippen LogP contribution in [0.1, 0.15) is 21.9 Å². The average molecular weight is 543 g/mol. The number of carbonyl (C=O) groups is 1. The van der Waals surface area contributed by atoms with E-state index >= 15 is 0 Å². The minimum absolute atomic E-state index is 0.0955. The molecular weight excluding hydrogens is 516 g/mol. The number of hydrogen-bond donors (Lipinski definition) is 0. The average Bonchev–Trinajstić information content (AvgIpc) is 3.73. The van der Waals surface area contributed by atoms with Gasteiger partial charge in [0.05, 0.1) is 10.6 Å². The van der Waals surface area contributed by atoms with E-state index in [2.05, 4.69) is 45.2 Å². The van der Waals surface area contributed by atoms with Gasteiger partial charge in [-0.3, -0.25) is 9.36 Å². The number of para-hydroxylation sites is 2. The molecule has 1 aliphatic rings. The Morgan fingerprint density at radius 2 is 1.76 bits per heavy atom. The molecule has 6 rings (SSSR count). The summed E-state index contributed by atoms with van der Waals surface area (Å²) < 4.78 is 7.73. The summed E-state index contributed by atoms with van der Waals surface area (Å²) in [6.07, 6.45) is 1.46. The summed E-state index contributed by atoms with van der Waals surface area (Å²) in [5.74, 6) is 1.62. The van der Waals surface area contributed by atoms with Crippen LogP contribution < -0.4 is 4.90 Å². The van der Waals surface area contributed by atoms with Crippen molar-refractivity contribution in [2.24, 2.45) is 0 Å². The molecule has 192 valence electrons. The summed E-state index contributed by atoms with van der Waals surface area (Å²) in [7, 11) is 0. The van der Waals surface area contributed by atoms with Crippen molar-refractivity contribution < 1.29 is 9.21 Å².